The molecule has 0 aromatic carbocycles. The maximum atomic E-state index is 5.85. The molecule has 1 aliphatic heterocycles. The molecule has 21 heavy (non-hydrogen) atoms. The van der Waals surface area contributed by atoms with Gasteiger partial charge in [0.1, 0.15) is 5.82 Å². The van der Waals surface area contributed by atoms with Crippen molar-refractivity contribution in [2.75, 3.05) is 36.0 Å². The van der Waals surface area contributed by atoms with Crippen LogP contribution >= 0.6 is 11.6 Å². The summed E-state index contributed by atoms with van der Waals surface area (Å²) in [5.41, 5.74) is 1.95. The molecule has 2 aromatic rings. The van der Waals surface area contributed by atoms with Crippen LogP contribution in [0, 0.1) is 6.92 Å². The number of aromatic nitrogens is 3. The molecule has 0 saturated carbocycles. The first kappa shape index (κ1) is 14.1. The van der Waals surface area contributed by atoms with E-state index in [1.54, 1.807) is 0 Å². The summed E-state index contributed by atoms with van der Waals surface area (Å²) < 4.78 is 0. The van der Waals surface area contributed by atoms with E-state index in [1.165, 1.54) is 0 Å². The molecular formula is C15H18ClN5. The number of pyridine rings is 1. The van der Waals surface area contributed by atoms with Gasteiger partial charge < -0.3 is 9.80 Å². The molecule has 2 aromatic heterocycles. The lowest BCUT2D eigenvalue weighted by Crippen LogP contribution is -2.47. The molecule has 0 radical (unpaired) electrons. The summed E-state index contributed by atoms with van der Waals surface area (Å²) in [5, 5.41) is 0. The Balaban J connectivity index is 1.67. The maximum Gasteiger partial charge on any atom is 0.225 e. The van der Waals surface area contributed by atoms with Gasteiger partial charge in [0.15, 0.2) is 0 Å². The van der Waals surface area contributed by atoms with E-state index in [2.05, 4.69) is 24.8 Å². The lowest BCUT2D eigenvalue weighted by atomic mass is 10.3. The summed E-state index contributed by atoms with van der Waals surface area (Å²) in [6.45, 7) is 5.63. The zero-order valence-corrected chi connectivity index (χ0v) is 12.8. The molecule has 0 spiro atoms. The molecule has 110 valence electrons. The minimum Gasteiger partial charge on any atom is -0.353 e. The van der Waals surface area contributed by atoms with Gasteiger partial charge in [-0.25, -0.2) is 15.0 Å². The van der Waals surface area contributed by atoms with E-state index in [0.29, 0.717) is 5.88 Å². The molecule has 6 heteroatoms. The van der Waals surface area contributed by atoms with Crippen molar-refractivity contribution in [3.8, 4) is 0 Å². The zero-order valence-electron chi connectivity index (χ0n) is 12.0. The van der Waals surface area contributed by atoms with Crippen molar-refractivity contribution in [3.05, 3.63) is 41.9 Å². The molecule has 1 aliphatic rings. The number of hydrogen-bond acceptors (Lipinski definition) is 5. The van der Waals surface area contributed by atoms with Gasteiger partial charge in [-0.1, -0.05) is 6.07 Å². The maximum absolute atomic E-state index is 5.85. The second-order valence-corrected chi connectivity index (χ2v) is 5.34. The highest BCUT2D eigenvalue weighted by molar-refractivity contribution is 6.17. The predicted molar refractivity (Wildman–Crippen MR) is 85.0 cm³/mol. The fraction of sp³-hybridized carbons (Fsp3) is 0.400. The van der Waals surface area contributed by atoms with Crippen LogP contribution in [0.15, 0.2) is 30.6 Å². The van der Waals surface area contributed by atoms with Gasteiger partial charge in [0.05, 0.1) is 5.88 Å². The molecule has 0 N–H and O–H groups in total. The largest absolute Gasteiger partial charge is 0.353 e. The number of hydrogen-bond donors (Lipinski definition) is 0. The van der Waals surface area contributed by atoms with Crippen molar-refractivity contribution in [3.63, 3.8) is 0 Å². The predicted octanol–water partition coefficient (Wildman–Crippen LogP) is 2.25. The van der Waals surface area contributed by atoms with Gasteiger partial charge in [0.25, 0.3) is 0 Å². The minimum atomic E-state index is 0.458. The molecule has 1 fully saturated rings. The highest BCUT2D eigenvalue weighted by atomic mass is 35.5. The van der Waals surface area contributed by atoms with Gasteiger partial charge in [0, 0.05) is 49.8 Å². The van der Waals surface area contributed by atoms with Crippen LogP contribution in [0.5, 0.6) is 0 Å². The van der Waals surface area contributed by atoms with Crippen molar-refractivity contribution < 1.29 is 0 Å². The Morgan fingerprint density at radius 3 is 2.48 bits per heavy atom. The molecule has 0 amide bonds. The molecule has 0 unspecified atom stereocenters. The average molecular weight is 304 g/mol. The van der Waals surface area contributed by atoms with Crippen LogP contribution in [0.25, 0.3) is 0 Å². The standard InChI is InChI=1S/C15H18ClN5/c1-12-13(10-16)11-18-15(19-12)21-8-6-20(7-9-21)14-4-2-3-5-17-14/h2-5,11H,6-10H2,1H3. The number of rotatable bonds is 3. The van der Waals surface area contributed by atoms with Crippen molar-refractivity contribution in [1.82, 2.24) is 15.0 Å². The first-order chi connectivity index (χ1) is 10.3. The number of alkyl halides is 1. The average Bonchev–Trinajstić information content (AvgIpc) is 2.56. The topological polar surface area (TPSA) is 45.2 Å². The number of piperazine rings is 1. The second kappa shape index (κ2) is 6.26. The number of nitrogens with zero attached hydrogens (tertiary/aromatic N) is 5. The van der Waals surface area contributed by atoms with E-state index in [1.807, 2.05) is 37.5 Å². The van der Waals surface area contributed by atoms with Crippen molar-refractivity contribution in [2.45, 2.75) is 12.8 Å². The first-order valence-corrected chi connectivity index (χ1v) is 7.61. The van der Waals surface area contributed by atoms with Crippen LogP contribution in [0.3, 0.4) is 0 Å². The highest BCUT2D eigenvalue weighted by Gasteiger charge is 2.20. The van der Waals surface area contributed by atoms with Crippen molar-refractivity contribution >= 4 is 23.4 Å². The van der Waals surface area contributed by atoms with Crippen LogP contribution in [0.4, 0.5) is 11.8 Å². The van der Waals surface area contributed by atoms with Gasteiger partial charge in [-0.2, -0.15) is 0 Å². The Labute approximate surface area is 129 Å². The summed E-state index contributed by atoms with van der Waals surface area (Å²) >= 11 is 5.85. The molecular weight excluding hydrogens is 286 g/mol. The van der Waals surface area contributed by atoms with Gasteiger partial charge in [-0.05, 0) is 19.1 Å². The SMILES string of the molecule is Cc1nc(N2CCN(c3ccccn3)CC2)ncc1CCl. The smallest absolute Gasteiger partial charge is 0.225 e. The lowest BCUT2D eigenvalue weighted by Gasteiger charge is -2.35. The van der Waals surface area contributed by atoms with Crippen LogP contribution in [0.2, 0.25) is 0 Å². The third-order valence-corrected chi connectivity index (χ3v) is 4.04. The second-order valence-electron chi connectivity index (χ2n) is 5.08. The van der Waals surface area contributed by atoms with Crippen LogP contribution in [-0.2, 0) is 5.88 Å². The Hall–Kier alpha value is -1.88. The van der Waals surface area contributed by atoms with E-state index < -0.39 is 0 Å². The van der Waals surface area contributed by atoms with E-state index in [0.717, 1.165) is 49.2 Å². The van der Waals surface area contributed by atoms with Gasteiger partial charge in [0.2, 0.25) is 5.95 Å². The van der Waals surface area contributed by atoms with Gasteiger partial charge in [-0.3, -0.25) is 0 Å². The Morgan fingerprint density at radius 1 is 1.10 bits per heavy atom. The van der Waals surface area contributed by atoms with Crippen LogP contribution in [0.1, 0.15) is 11.3 Å². The zero-order chi connectivity index (χ0) is 14.7. The van der Waals surface area contributed by atoms with E-state index in [4.69, 9.17) is 11.6 Å². The fourth-order valence-corrected chi connectivity index (χ4v) is 2.70. The summed E-state index contributed by atoms with van der Waals surface area (Å²) in [6, 6.07) is 6.01. The quantitative estimate of drug-likeness (QED) is 0.814. The van der Waals surface area contributed by atoms with Gasteiger partial charge >= 0.3 is 0 Å². The van der Waals surface area contributed by atoms with E-state index >= 15 is 0 Å². The molecule has 0 bridgehead atoms. The molecule has 0 aliphatic carbocycles. The van der Waals surface area contributed by atoms with E-state index in [-0.39, 0.29) is 0 Å². The number of aryl methyl sites for hydroxylation is 1. The number of anilines is 2. The Morgan fingerprint density at radius 2 is 1.86 bits per heavy atom. The third-order valence-electron chi connectivity index (χ3n) is 3.75. The molecule has 5 nitrogen and oxygen atoms in total. The molecule has 1 saturated heterocycles. The third kappa shape index (κ3) is 3.08. The highest BCUT2D eigenvalue weighted by Crippen LogP contribution is 2.17. The minimum absolute atomic E-state index is 0.458. The summed E-state index contributed by atoms with van der Waals surface area (Å²) in [6.07, 6.45) is 3.66. The first-order valence-electron chi connectivity index (χ1n) is 7.07. The van der Waals surface area contributed by atoms with Crippen LogP contribution < -0.4 is 9.80 Å². The Kier molecular flexibility index (Phi) is 4.20. The molecule has 3 heterocycles. The molecule has 3 rings (SSSR count). The number of halogens is 1. The lowest BCUT2D eigenvalue weighted by molar-refractivity contribution is 0.633. The summed E-state index contributed by atoms with van der Waals surface area (Å²) in [7, 11) is 0. The monoisotopic (exact) mass is 303 g/mol. The van der Waals surface area contributed by atoms with Gasteiger partial charge in [-0.15, -0.1) is 11.6 Å². The van der Waals surface area contributed by atoms with Crippen LogP contribution in [-0.4, -0.2) is 41.1 Å². The van der Waals surface area contributed by atoms with Crippen molar-refractivity contribution in [2.24, 2.45) is 0 Å². The van der Waals surface area contributed by atoms with Crippen molar-refractivity contribution in [1.29, 1.82) is 0 Å². The van der Waals surface area contributed by atoms with E-state index in [9.17, 15) is 0 Å². The molecule has 0 atom stereocenters. The normalized spacial score (nSPS) is 15.3. The Bertz CT molecular complexity index is 596. The summed E-state index contributed by atoms with van der Waals surface area (Å²) in [4.78, 5) is 17.9. The fourth-order valence-electron chi connectivity index (χ4n) is 2.44. The summed E-state index contributed by atoms with van der Waals surface area (Å²) in [5.74, 6) is 2.29.